The van der Waals surface area contributed by atoms with E-state index < -0.39 is 0 Å². The highest BCUT2D eigenvalue weighted by Gasteiger charge is 2.14. The van der Waals surface area contributed by atoms with E-state index >= 15 is 0 Å². The number of aromatic nitrogens is 4. The van der Waals surface area contributed by atoms with E-state index in [0.717, 1.165) is 42.3 Å². The number of hydrogen-bond acceptors (Lipinski definition) is 3. The van der Waals surface area contributed by atoms with Crippen LogP contribution in [0.25, 0.3) is 11.5 Å². The Kier molecular flexibility index (Phi) is 3.97. The molecule has 0 aliphatic heterocycles. The molecule has 0 spiro atoms. The van der Waals surface area contributed by atoms with Crippen LogP contribution in [-0.2, 0) is 13.0 Å². The molecule has 0 bridgehead atoms. The Morgan fingerprint density at radius 2 is 2.06 bits per heavy atom. The molecule has 0 aliphatic carbocycles. The van der Waals surface area contributed by atoms with E-state index in [2.05, 4.69) is 33.4 Å². The van der Waals surface area contributed by atoms with E-state index in [1.807, 2.05) is 13.1 Å². The van der Waals surface area contributed by atoms with E-state index in [9.17, 15) is 0 Å². The van der Waals surface area contributed by atoms with Crippen LogP contribution in [0.3, 0.4) is 0 Å². The first-order valence-corrected chi connectivity index (χ1v) is 6.59. The van der Waals surface area contributed by atoms with Gasteiger partial charge in [-0.1, -0.05) is 18.5 Å². The van der Waals surface area contributed by atoms with Crippen molar-refractivity contribution in [2.45, 2.75) is 40.2 Å². The minimum absolute atomic E-state index is 0.522. The molecule has 0 fully saturated rings. The van der Waals surface area contributed by atoms with Crippen LogP contribution in [0.2, 0.25) is 5.15 Å². The lowest BCUT2D eigenvalue weighted by Crippen LogP contribution is -2.05. The molecule has 0 radical (unpaired) electrons. The predicted molar refractivity (Wildman–Crippen MR) is 72.7 cm³/mol. The molecule has 2 heterocycles. The molecule has 0 amide bonds. The minimum Gasteiger partial charge on any atom is -0.330 e. The lowest BCUT2D eigenvalue weighted by molar-refractivity contribution is 0.761. The quantitative estimate of drug-likeness (QED) is 0.796. The SMILES string of the molecule is CCCc1nc(Cl)c(C)c(-c2nccn2CC)n1. The van der Waals surface area contributed by atoms with Gasteiger partial charge in [0.05, 0.1) is 0 Å². The smallest absolute Gasteiger partial charge is 0.159 e. The number of rotatable bonds is 4. The second-order valence-electron chi connectivity index (χ2n) is 4.19. The Morgan fingerprint density at radius 1 is 1.28 bits per heavy atom. The van der Waals surface area contributed by atoms with Crippen molar-refractivity contribution in [1.29, 1.82) is 0 Å². The second kappa shape index (κ2) is 5.48. The fourth-order valence-corrected chi connectivity index (χ4v) is 2.05. The summed E-state index contributed by atoms with van der Waals surface area (Å²) in [5, 5.41) is 0.522. The summed E-state index contributed by atoms with van der Waals surface area (Å²) in [5.41, 5.74) is 1.72. The van der Waals surface area contributed by atoms with E-state index in [4.69, 9.17) is 11.6 Å². The number of halogens is 1. The zero-order valence-electron chi connectivity index (χ0n) is 10.9. The molecule has 2 aromatic heterocycles. The summed E-state index contributed by atoms with van der Waals surface area (Å²) in [6.45, 7) is 6.97. The normalized spacial score (nSPS) is 10.9. The van der Waals surface area contributed by atoms with Crippen molar-refractivity contribution in [3.05, 3.63) is 28.9 Å². The molecule has 4 nitrogen and oxygen atoms in total. The molecule has 0 saturated carbocycles. The van der Waals surface area contributed by atoms with Gasteiger partial charge in [0.15, 0.2) is 5.82 Å². The third-order valence-corrected chi connectivity index (χ3v) is 3.24. The van der Waals surface area contributed by atoms with E-state index in [0.29, 0.717) is 5.15 Å². The maximum absolute atomic E-state index is 6.18. The van der Waals surface area contributed by atoms with Gasteiger partial charge in [-0.3, -0.25) is 0 Å². The molecular formula is C13H17ClN4. The minimum atomic E-state index is 0.522. The Bertz CT molecular complexity index is 548. The molecule has 0 saturated heterocycles. The fraction of sp³-hybridized carbons (Fsp3) is 0.462. The van der Waals surface area contributed by atoms with Crippen LogP contribution < -0.4 is 0 Å². The van der Waals surface area contributed by atoms with Crippen molar-refractivity contribution >= 4 is 11.6 Å². The third kappa shape index (κ3) is 2.38. The molecule has 96 valence electrons. The summed E-state index contributed by atoms with van der Waals surface area (Å²) >= 11 is 6.18. The van der Waals surface area contributed by atoms with E-state index in [1.54, 1.807) is 6.20 Å². The van der Waals surface area contributed by atoms with Crippen molar-refractivity contribution in [2.75, 3.05) is 0 Å². The van der Waals surface area contributed by atoms with Crippen LogP contribution in [0.5, 0.6) is 0 Å². The van der Waals surface area contributed by atoms with Gasteiger partial charge >= 0.3 is 0 Å². The van der Waals surface area contributed by atoms with Crippen molar-refractivity contribution in [1.82, 2.24) is 19.5 Å². The van der Waals surface area contributed by atoms with Crippen LogP contribution >= 0.6 is 11.6 Å². The van der Waals surface area contributed by atoms with E-state index in [1.165, 1.54) is 0 Å². The molecule has 2 rings (SSSR count). The Morgan fingerprint density at radius 3 is 2.72 bits per heavy atom. The van der Waals surface area contributed by atoms with Crippen LogP contribution in [0.15, 0.2) is 12.4 Å². The molecule has 2 aromatic rings. The molecule has 0 N–H and O–H groups in total. The average molecular weight is 265 g/mol. The standard InChI is InChI=1S/C13H17ClN4/c1-4-6-10-16-11(9(3)12(14)17-10)13-15-7-8-18(13)5-2/h7-8H,4-6H2,1-3H3. The van der Waals surface area contributed by atoms with Gasteiger partial charge in [-0.15, -0.1) is 0 Å². The largest absolute Gasteiger partial charge is 0.330 e. The first-order valence-electron chi connectivity index (χ1n) is 6.21. The molecular weight excluding hydrogens is 248 g/mol. The number of nitrogens with zero attached hydrogens (tertiary/aromatic N) is 4. The van der Waals surface area contributed by atoms with E-state index in [-0.39, 0.29) is 0 Å². The molecule has 0 aliphatic rings. The highest BCUT2D eigenvalue weighted by atomic mass is 35.5. The summed E-state index contributed by atoms with van der Waals surface area (Å²) in [5.74, 6) is 1.64. The summed E-state index contributed by atoms with van der Waals surface area (Å²) in [6, 6.07) is 0. The van der Waals surface area contributed by atoms with Gasteiger partial charge in [-0.05, 0) is 20.3 Å². The van der Waals surface area contributed by atoms with Crippen LogP contribution in [0.4, 0.5) is 0 Å². The summed E-state index contributed by atoms with van der Waals surface area (Å²) in [7, 11) is 0. The molecule has 18 heavy (non-hydrogen) atoms. The van der Waals surface area contributed by atoms with Crippen molar-refractivity contribution in [3.63, 3.8) is 0 Å². The first kappa shape index (κ1) is 13.0. The van der Waals surface area contributed by atoms with Crippen LogP contribution in [0, 0.1) is 6.92 Å². The average Bonchev–Trinajstić information content (AvgIpc) is 2.82. The lowest BCUT2D eigenvalue weighted by Gasteiger charge is -2.10. The fourth-order valence-electron chi connectivity index (χ4n) is 1.87. The Labute approximate surface area is 112 Å². The zero-order chi connectivity index (χ0) is 13.1. The predicted octanol–water partition coefficient (Wildman–Crippen LogP) is 3.27. The zero-order valence-corrected chi connectivity index (χ0v) is 11.7. The van der Waals surface area contributed by atoms with Crippen LogP contribution in [0.1, 0.15) is 31.7 Å². The molecule has 0 atom stereocenters. The highest BCUT2D eigenvalue weighted by molar-refractivity contribution is 6.30. The van der Waals surface area contributed by atoms with Gasteiger partial charge in [0, 0.05) is 30.9 Å². The van der Waals surface area contributed by atoms with Crippen molar-refractivity contribution < 1.29 is 0 Å². The van der Waals surface area contributed by atoms with Gasteiger partial charge in [0.2, 0.25) is 0 Å². The number of aryl methyl sites for hydroxylation is 2. The molecule has 5 heteroatoms. The number of hydrogen-bond donors (Lipinski definition) is 0. The molecule has 0 unspecified atom stereocenters. The first-order chi connectivity index (χ1) is 8.67. The highest BCUT2D eigenvalue weighted by Crippen LogP contribution is 2.24. The number of imidazole rings is 1. The topological polar surface area (TPSA) is 43.6 Å². The van der Waals surface area contributed by atoms with Gasteiger partial charge < -0.3 is 4.57 Å². The molecule has 0 aromatic carbocycles. The summed E-state index contributed by atoms with van der Waals surface area (Å²) in [6.07, 6.45) is 5.57. The summed E-state index contributed by atoms with van der Waals surface area (Å²) < 4.78 is 2.06. The third-order valence-electron chi connectivity index (χ3n) is 2.87. The second-order valence-corrected chi connectivity index (χ2v) is 4.55. The maximum Gasteiger partial charge on any atom is 0.159 e. The van der Waals surface area contributed by atoms with Crippen molar-refractivity contribution in [3.8, 4) is 11.5 Å². The maximum atomic E-state index is 6.18. The van der Waals surface area contributed by atoms with Gasteiger partial charge in [-0.25, -0.2) is 15.0 Å². The van der Waals surface area contributed by atoms with Crippen LogP contribution in [-0.4, -0.2) is 19.5 Å². The van der Waals surface area contributed by atoms with Gasteiger partial charge in [0.25, 0.3) is 0 Å². The Hall–Kier alpha value is -1.42. The van der Waals surface area contributed by atoms with Gasteiger partial charge in [-0.2, -0.15) is 0 Å². The van der Waals surface area contributed by atoms with Crippen molar-refractivity contribution in [2.24, 2.45) is 0 Å². The Balaban J connectivity index is 2.55. The summed E-state index contributed by atoms with van der Waals surface area (Å²) in [4.78, 5) is 13.3. The lowest BCUT2D eigenvalue weighted by atomic mass is 10.2. The van der Waals surface area contributed by atoms with Gasteiger partial charge in [0.1, 0.15) is 16.7 Å². The monoisotopic (exact) mass is 264 g/mol.